The van der Waals surface area contributed by atoms with Gasteiger partial charge < -0.3 is 11.5 Å². The Labute approximate surface area is 150 Å². The number of hydrogen-bond acceptors (Lipinski definition) is 3. The van der Waals surface area contributed by atoms with Crippen molar-refractivity contribution >= 4 is 24.1 Å². The molecule has 2 aromatic rings. The summed E-state index contributed by atoms with van der Waals surface area (Å²) in [5.74, 6) is -1.53. The van der Waals surface area contributed by atoms with Crippen LogP contribution in [0.1, 0.15) is 34.7 Å². The van der Waals surface area contributed by atoms with Crippen molar-refractivity contribution in [2.24, 2.45) is 21.7 Å². The van der Waals surface area contributed by atoms with E-state index in [1.54, 1.807) is 6.20 Å². The summed E-state index contributed by atoms with van der Waals surface area (Å²) < 4.78 is 27.3. The lowest BCUT2D eigenvalue weighted by Gasteiger charge is -2.26. The topological polar surface area (TPSA) is 89.6 Å². The molecule has 1 aromatic carbocycles. The molecule has 3 rings (SSSR count). The number of pyridine rings is 1. The number of aromatic nitrogens is 1. The van der Waals surface area contributed by atoms with Crippen molar-refractivity contribution in [1.82, 2.24) is 4.98 Å². The Morgan fingerprint density at radius 3 is 2.64 bits per heavy atom. The molecular formula is C17H18ClF2N5. The van der Waals surface area contributed by atoms with Crippen LogP contribution in [0.2, 0.25) is 0 Å². The van der Waals surface area contributed by atoms with E-state index < -0.39 is 11.6 Å². The van der Waals surface area contributed by atoms with Gasteiger partial charge in [0.15, 0.2) is 0 Å². The van der Waals surface area contributed by atoms with Gasteiger partial charge in [-0.1, -0.05) is 6.07 Å². The van der Waals surface area contributed by atoms with Crippen LogP contribution in [0.25, 0.3) is 0 Å². The highest BCUT2D eigenvalue weighted by Gasteiger charge is 2.29. The second-order valence-corrected chi connectivity index (χ2v) is 5.79. The molecule has 0 radical (unpaired) electrons. The first-order chi connectivity index (χ1) is 11.5. The first-order valence-corrected chi connectivity index (χ1v) is 7.51. The quantitative estimate of drug-likeness (QED) is 0.487. The molecule has 1 heterocycles. The van der Waals surface area contributed by atoms with Gasteiger partial charge in [-0.3, -0.25) is 4.98 Å². The van der Waals surface area contributed by atoms with Gasteiger partial charge in [-0.05, 0) is 48.9 Å². The number of guanidine groups is 1. The van der Waals surface area contributed by atoms with Gasteiger partial charge in [0.05, 0.1) is 11.4 Å². The highest BCUT2D eigenvalue weighted by atomic mass is 35.5. The average molecular weight is 366 g/mol. The summed E-state index contributed by atoms with van der Waals surface area (Å²) in [6.07, 6.45) is 2.69. The molecule has 0 amide bonds. The molecule has 0 aliphatic heterocycles. The standard InChI is InChI=1S/C17H17F2N5.ClH/c1-9-4-5-22-14-6-10(12-3-2-11(18)8-13(12)19)7-15(16(9)14)23-24-17(20)21;/h2-5,8,10H,6-7H2,1H3,(H4,20,21,24);1H/b23-15-;. The smallest absolute Gasteiger partial charge is 0.211 e. The van der Waals surface area contributed by atoms with Gasteiger partial charge in [0.1, 0.15) is 11.6 Å². The van der Waals surface area contributed by atoms with E-state index in [1.807, 2.05) is 13.0 Å². The number of hydrogen-bond donors (Lipinski definition) is 2. The van der Waals surface area contributed by atoms with Crippen molar-refractivity contribution < 1.29 is 8.78 Å². The number of nitrogens with zero attached hydrogens (tertiary/aromatic N) is 3. The minimum atomic E-state index is -0.601. The van der Waals surface area contributed by atoms with E-state index in [-0.39, 0.29) is 24.3 Å². The van der Waals surface area contributed by atoms with Crippen LogP contribution in [-0.4, -0.2) is 16.7 Å². The summed E-state index contributed by atoms with van der Waals surface area (Å²) in [7, 11) is 0. The van der Waals surface area contributed by atoms with Gasteiger partial charge >= 0.3 is 0 Å². The molecular weight excluding hydrogens is 348 g/mol. The van der Waals surface area contributed by atoms with Crippen LogP contribution >= 0.6 is 12.4 Å². The maximum Gasteiger partial charge on any atom is 0.211 e. The fraction of sp³-hybridized carbons (Fsp3) is 0.235. The van der Waals surface area contributed by atoms with Gasteiger partial charge in [0.25, 0.3) is 0 Å². The van der Waals surface area contributed by atoms with E-state index in [2.05, 4.69) is 15.2 Å². The predicted molar refractivity (Wildman–Crippen MR) is 96.0 cm³/mol. The summed E-state index contributed by atoms with van der Waals surface area (Å²) >= 11 is 0. The number of rotatable bonds is 2. The first-order valence-electron chi connectivity index (χ1n) is 7.51. The van der Waals surface area contributed by atoms with Crippen molar-refractivity contribution in [2.75, 3.05) is 0 Å². The lowest BCUT2D eigenvalue weighted by Crippen LogP contribution is -2.24. The maximum absolute atomic E-state index is 14.2. The van der Waals surface area contributed by atoms with Crippen LogP contribution in [0.4, 0.5) is 8.78 Å². The van der Waals surface area contributed by atoms with E-state index in [4.69, 9.17) is 11.5 Å². The minimum absolute atomic E-state index is 0. The molecule has 5 nitrogen and oxygen atoms in total. The Morgan fingerprint density at radius 1 is 1.20 bits per heavy atom. The van der Waals surface area contributed by atoms with Crippen molar-refractivity contribution in [3.8, 4) is 0 Å². The van der Waals surface area contributed by atoms with Crippen molar-refractivity contribution in [2.45, 2.75) is 25.7 Å². The van der Waals surface area contributed by atoms with Crippen LogP contribution < -0.4 is 11.5 Å². The van der Waals surface area contributed by atoms with E-state index in [1.165, 1.54) is 12.1 Å². The second kappa shape index (κ2) is 7.57. The van der Waals surface area contributed by atoms with Gasteiger partial charge in [-0.15, -0.1) is 17.5 Å². The first kappa shape index (κ1) is 18.8. The number of aryl methyl sites for hydroxylation is 1. The number of halogens is 3. The summed E-state index contributed by atoms with van der Waals surface area (Å²) in [5.41, 5.74) is 14.5. The molecule has 1 unspecified atom stereocenters. The summed E-state index contributed by atoms with van der Waals surface area (Å²) in [6.45, 7) is 1.95. The maximum atomic E-state index is 14.2. The van der Waals surface area contributed by atoms with E-state index in [9.17, 15) is 8.78 Å². The zero-order chi connectivity index (χ0) is 17.3. The largest absolute Gasteiger partial charge is 0.369 e. The second-order valence-electron chi connectivity index (χ2n) is 5.79. The van der Waals surface area contributed by atoms with Gasteiger partial charge in [0, 0.05) is 17.8 Å². The molecule has 25 heavy (non-hydrogen) atoms. The monoisotopic (exact) mass is 365 g/mol. The van der Waals surface area contributed by atoms with E-state index in [0.29, 0.717) is 24.1 Å². The minimum Gasteiger partial charge on any atom is -0.369 e. The molecule has 1 aliphatic rings. The molecule has 0 saturated carbocycles. The van der Waals surface area contributed by atoms with E-state index in [0.717, 1.165) is 22.9 Å². The zero-order valence-electron chi connectivity index (χ0n) is 13.5. The fourth-order valence-electron chi connectivity index (χ4n) is 3.07. The normalized spacial score (nSPS) is 17.6. The highest BCUT2D eigenvalue weighted by Crippen LogP contribution is 2.34. The third-order valence-electron chi connectivity index (χ3n) is 4.09. The fourth-order valence-corrected chi connectivity index (χ4v) is 3.07. The van der Waals surface area contributed by atoms with Gasteiger partial charge in [-0.2, -0.15) is 5.10 Å². The molecule has 0 saturated heterocycles. The van der Waals surface area contributed by atoms with Crippen LogP contribution in [-0.2, 0) is 6.42 Å². The van der Waals surface area contributed by atoms with Gasteiger partial charge in [0.2, 0.25) is 5.96 Å². The summed E-state index contributed by atoms with van der Waals surface area (Å²) in [5, 5.41) is 7.86. The van der Waals surface area contributed by atoms with Crippen molar-refractivity contribution in [3.05, 3.63) is 64.5 Å². The molecule has 1 aromatic heterocycles. The number of nitrogens with two attached hydrogens (primary N) is 2. The average Bonchev–Trinajstić information content (AvgIpc) is 2.52. The molecule has 132 valence electrons. The molecule has 1 aliphatic carbocycles. The Morgan fingerprint density at radius 2 is 1.96 bits per heavy atom. The third kappa shape index (κ3) is 3.93. The molecule has 0 spiro atoms. The molecule has 4 N–H and O–H groups in total. The Balaban J connectivity index is 0.00000225. The molecule has 8 heteroatoms. The number of benzene rings is 1. The third-order valence-corrected chi connectivity index (χ3v) is 4.09. The lowest BCUT2D eigenvalue weighted by molar-refractivity contribution is 0.549. The Bertz CT molecular complexity index is 847. The molecule has 0 fully saturated rings. The zero-order valence-corrected chi connectivity index (χ0v) is 14.4. The van der Waals surface area contributed by atoms with Gasteiger partial charge in [-0.25, -0.2) is 8.78 Å². The van der Waals surface area contributed by atoms with Crippen LogP contribution in [0, 0.1) is 18.6 Å². The van der Waals surface area contributed by atoms with Crippen LogP contribution in [0.3, 0.4) is 0 Å². The molecule has 0 bridgehead atoms. The number of fused-ring (bicyclic) bond motifs is 1. The predicted octanol–water partition coefficient (Wildman–Crippen LogP) is 2.80. The van der Waals surface area contributed by atoms with E-state index >= 15 is 0 Å². The van der Waals surface area contributed by atoms with Crippen LogP contribution in [0.5, 0.6) is 0 Å². The lowest BCUT2D eigenvalue weighted by atomic mass is 9.80. The highest BCUT2D eigenvalue weighted by molar-refractivity contribution is 6.04. The summed E-state index contributed by atoms with van der Waals surface area (Å²) in [6, 6.07) is 5.49. The Hall–Kier alpha value is -2.54. The molecule has 1 atom stereocenters. The SMILES string of the molecule is Cc1ccnc2c1/C(=N\N=C(N)N)CC(c1ccc(F)cc1F)C2.Cl. The van der Waals surface area contributed by atoms with Crippen molar-refractivity contribution in [3.63, 3.8) is 0 Å². The Kier molecular flexibility index (Phi) is 5.69. The van der Waals surface area contributed by atoms with Crippen molar-refractivity contribution in [1.29, 1.82) is 0 Å². The summed E-state index contributed by atoms with van der Waals surface area (Å²) in [4.78, 5) is 4.39. The van der Waals surface area contributed by atoms with Crippen LogP contribution in [0.15, 0.2) is 40.7 Å².